The van der Waals surface area contributed by atoms with Gasteiger partial charge in [-0.3, -0.25) is 4.90 Å². The molecule has 2 amide bonds. The number of nitrogens with one attached hydrogen (secondary N) is 1. The highest BCUT2D eigenvalue weighted by Gasteiger charge is 2.34. The molecule has 2 fully saturated rings. The maximum atomic E-state index is 14.5. The van der Waals surface area contributed by atoms with Gasteiger partial charge in [0.1, 0.15) is 6.07 Å². The summed E-state index contributed by atoms with van der Waals surface area (Å²) in [6.07, 6.45) is 4.71. The van der Waals surface area contributed by atoms with Gasteiger partial charge in [-0.05, 0) is 63.7 Å². The minimum atomic E-state index is -0.504. The molecule has 8 heteroatoms. The zero-order valence-corrected chi connectivity index (χ0v) is 20.7. The lowest BCUT2D eigenvalue weighted by atomic mass is 9.93. The lowest BCUT2D eigenvalue weighted by Crippen LogP contribution is -2.61. The molecule has 1 N–H and O–H groups in total. The second kappa shape index (κ2) is 11.5. The number of pyridine rings is 1. The third-order valence-corrected chi connectivity index (χ3v) is 7.19. The number of rotatable bonds is 6. The Morgan fingerprint density at radius 3 is 2.49 bits per heavy atom. The molecule has 0 aliphatic carbocycles. The Kier molecular flexibility index (Phi) is 8.19. The van der Waals surface area contributed by atoms with E-state index in [-0.39, 0.29) is 29.5 Å². The molecule has 0 radical (unpaired) electrons. The van der Waals surface area contributed by atoms with Gasteiger partial charge in [0, 0.05) is 44.5 Å². The molecule has 186 valence electrons. The van der Waals surface area contributed by atoms with Crippen LogP contribution in [0.25, 0.3) is 0 Å². The number of piperidine rings is 1. The van der Waals surface area contributed by atoms with Crippen LogP contribution in [-0.4, -0.2) is 65.6 Å². The topological polar surface area (TPSA) is 75.5 Å². The molecular formula is C27H35FN6O. The zero-order valence-electron chi connectivity index (χ0n) is 20.7. The van der Waals surface area contributed by atoms with E-state index in [1.165, 1.54) is 17.8 Å². The highest BCUT2D eigenvalue weighted by atomic mass is 19.1. The largest absolute Gasteiger partial charge is 0.350 e. The molecule has 1 aromatic heterocycles. The normalized spacial score (nSPS) is 21.5. The number of hydrogen-bond donors (Lipinski definition) is 1. The number of benzene rings is 1. The summed E-state index contributed by atoms with van der Waals surface area (Å²) >= 11 is 0. The lowest BCUT2D eigenvalue weighted by Gasteiger charge is -2.44. The van der Waals surface area contributed by atoms with E-state index in [1.54, 1.807) is 0 Å². The fourth-order valence-corrected chi connectivity index (χ4v) is 5.37. The molecule has 0 saturated carbocycles. The summed E-state index contributed by atoms with van der Waals surface area (Å²) in [4.78, 5) is 23.4. The Bertz CT molecular complexity index is 1020. The second-order valence-electron chi connectivity index (χ2n) is 9.88. The van der Waals surface area contributed by atoms with Gasteiger partial charge in [-0.15, -0.1) is 0 Å². The molecule has 0 unspecified atom stereocenters. The second-order valence-corrected chi connectivity index (χ2v) is 9.88. The smallest absolute Gasteiger partial charge is 0.318 e. The van der Waals surface area contributed by atoms with Crippen molar-refractivity contribution in [2.24, 2.45) is 5.92 Å². The predicted molar refractivity (Wildman–Crippen MR) is 134 cm³/mol. The number of piperazine rings is 1. The number of halogens is 1. The van der Waals surface area contributed by atoms with Gasteiger partial charge in [-0.2, -0.15) is 5.26 Å². The number of carbonyl (C=O) groups is 1. The SMILES string of the molecule is C[C@@H]1CN(c2ncc(C#N)cc2F)C[C@H](C)N1C(=O)NCCC1CCN(Cc2ccccc2)CC1. The number of likely N-dealkylation sites (tertiary alicyclic amines) is 1. The van der Waals surface area contributed by atoms with Gasteiger partial charge < -0.3 is 15.1 Å². The maximum Gasteiger partial charge on any atom is 0.318 e. The Morgan fingerprint density at radius 2 is 1.86 bits per heavy atom. The molecule has 2 saturated heterocycles. The van der Waals surface area contributed by atoms with Crippen LogP contribution in [0, 0.1) is 23.1 Å². The average molecular weight is 479 g/mol. The van der Waals surface area contributed by atoms with Crippen molar-refractivity contribution in [1.82, 2.24) is 20.1 Å². The van der Waals surface area contributed by atoms with Gasteiger partial charge in [0.15, 0.2) is 11.6 Å². The number of nitriles is 1. The fourth-order valence-electron chi connectivity index (χ4n) is 5.37. The Balaban J connectivity index is 1.21. The molecule has 1 aromatic carbocycles. The molecule has 35 heavy (non-hydrogen) atoms. The van der Waals surface area contributed by atoms with Gasteiger partial charge in [0.2, 0.25) is 0 Å². The summed E-state index contributed by atoms with van der Waals surface area (Å²) in [5, 5.41) is 12.1. The van der Waals surface area contributed by atoms with E-state index in [1.807, 2.05) is 29.7 Å². The van der Waals surface area contributed by atoms with Crippen LogP contribution in [0.1, 0.15) is 44.2 Å². The van der Waals surface area contributed by atoms with E-state index in [2.05, 4.69) is 45.5 Å². The van der Waals surface area contributed by atoms with Gasteiger partial charge in [0.25, 0.3) is 0 Å². The summed E-state index contributed by atoms with van der Waals surface area (Å²) in [7, 11) is 0. The van der Waals surface area contributed by atoms with Gasteiger partial charge in [-0.25, -0.2) is 14.2 Å². The van der Waals surface area contributed by atoms with E-state index in [9.17, 15) is 9.18 Å². The Labute approximate surface area is 207 Å². The third-order valence-electron chi connectivity index (χ3n) is 7.19. The van der Waals surface area contributed by atoms with Gasteiger partial charge in [0.05, 0.1) is 5.56 Å². The van der Waals surface area contributed by atoms with Crippen LogP contribution in [0.4, 0.5) is 15.0 Å². The molecular weight excluding hydrogens is 443 g/mol. The van der Waals surface area contributed by atoms with Crippen LogP contribution in [0.15, 0.2) is 42.6 Å². The quantitative estimate of drug-likeness (QED) is 0.679. The fraction of sp³-hybridized carbons (Fsp3) is 0.519. The predicted octanol–water partition coefficient (Wildman–Crippen LogP) is 4.00. The number of hydrogen-bond acceptors (Lipinski definition) is 5. The number of carbonyl (C=O) groups excluding carboxylic acids is 1. The summed E-state index contributed by atoms with van der Waals surface area (Å²) in [6.45, 7) is 8.83. The van der Waals surface area contributed by atoms with E-state index in [4.69, 9.17) is 5.26 Å². The van der Waals surface area contributed by atoms with Crippen molar-refractivity contribution in [3.8, 4) is 6.07 Å². The van der Waals surface area contributed by atoms with Crippen molar-refractivity contribution in [1.29, 1.82) is 5.26 Å². The molecule has 7 nitrogen and oxygen atoms in total. The first-order valence-corrected chi connectivity index (χ1v) is 12.6. The first-order valence-electron chi connectivity index (χ1n) is 12.6. The summed E-state index contributed by atoms with van der Waals surface area (Å²) in [6, 6.07) is 13.5. The van der Waals surface area contributed by atoms with E-state index >= 15 is 0 Å². The zero-order chi connectivity index (χ0) is 24.8. The maximum absolute atomic E-state index is 14.5. The number of anilines is 1. The first kappa shape index (κ1) is 24.9. The van der Waals surface area contributed by atoms with Crippen molar-refractivity contribution in [2.75, 3.05) is 37.6 Å². The molecule has 2 atom stereocenters. The summed E-state index contributed by atoms with van der Waals surface area (Å²) in [5.74, 6) is 0.372. The summed E-state index contributed by atoms with van der Waals surface area (Å²) in [5.41, 5.74) is 1.56. The van der Waals surface area contributed by atoms with Gasteiger partial charge >= 0.3 is 6.03 Å². The summed E-state index contributed by atoms with van der Waals surface area (Å²) < 4.78 is 14.5. The monoisotopic (exact) mass is 478 g/mol. The van der Waals surface area contributed by atoms with Crippen LogP contribution in [0.5, 0.6) is 0 Å². The Morgan fingerprint density at radius 1 is 1.17 bits per heavy atom. The van der Waals surface area contributed by atoms with Crippen molar-refractivity contribution >= 4 is 11.8 Å². The molecule has 2 aromatic rings. The lowest BCUT2D eigenvalue weighted by molar-refractivity contribution is 0.139. The molecule has 2 aliphatic heterocycles. The molecule has 4 rings (SSSR count). The highest BCUT2D eigenvalue weighted by Crippen LogP contribution is 2.25. The van der Waals surface area contributed by atoms with Crippen LogP contribution in [0.3, 0.4) is 0 Å². The third kappa shape index (κ3) is 6.29. The Hall–Kier alpha value is -3.18. The number of amides is 2. The van der Waals surface area contributed by atoms with Crippen molar-refractivity contribution in [3.63, 3.8) is 0 Å². The van der Waals surface area contributed by atoms with Crippen LogP contribution < -0.4 is 10.2 Å². The minimum Gasteiger partial charge on any atom is -0.350 e. The first-order chi connectivity index (χ1) is 16.9. The number of urea groups is 1. The standard InChI is InChI=1S/C27H35FN6O/c1-20-17-33(26-25(28)14-24(15-29)16-31-26)18-21(2)34(20)27(35)30-11-8-22-9-12-32(13-10-22)19-23-6-4-3-5-7-23/h3-7,14,16,20-22H,8-13,17-19H2,1-2H3,(H,30,35)/t20-,21+. The van der Waals surface area contributed by atoms with Gasteiger partial charge in [-0.1, -0.05) is 30.3 Å². The minimum absolute atomic E-state index is 0.0561. The molecule has 2 aliphatic rings. The molecule has 0 spiro atoms. The molecule has 3 heterocycles. The van der Waals surface area contributed by atoms with E-state index in [0.29, 0.717) is 25.6 Å². The average Bonchev–Trinajstić information content (AvgIpc) is 2.85. The highest BCUT2D eigenvalue weighted by molar-refractivity contribution is 5.75. The van der Waals surface area contributed by atoms with Crippen LogP contribution >= 0.6 is 0 Å². The van der Waals surface area contributed by atoms with E-state index < -0.39 is 5.82 Å². The van der Waals surface area contributed by atoms with Crippen molar-refractivity contribution in [3.05, 3.63) is 59.5 Å². The van der Waals surface area contributed by atoms with Crippen LogP contribution in [0.2, 0.25) is 0 Å². The number of nitrogens with zero attached hydrogens (tertiary/aromatic N) is 5. The van der Waals surface area contributed by atoms with Crippen molar-refractivity contribution in [2.45, 2.75) is 51.7 Å². The number of aromatic nitrogens is 1. The molecule has 0 bridgehead atoms. The van der Waals surface area contributed by atoms with Crippen molar-refractivity contribution < 1.29 is 9.18 Å². The van der Waals surface area contributed by atoms with E-state index in [0.717, 1.165) is 38.9 Å². The van der Waals surface area contributed by atoms with Crippen LogP contribution in [-0.2, 0) is 6.54 Å².